The maximum atomic E-state index is 14.8. The van der Waals surface area contributed by atoms with Crippen molar-refractivity contribution in [3.05, 3.63) is 94.3 Å². The van der Waals surface area contributed by atoms with Crippen molar-refractivity contribution >= 4 is 17.8 Å². The minimum absolute atomic E-state index is 0.135. The fourth-order valence-electron chi connectivity index (χ4n) is 6.97. The van der Waals surface area contributed by atoms with Gasteiger partial charge in [0, 0.05) is 25.6 Å². The molecule has 0 bridgehead atoms. The lowest BCUT2D eigenvalue weighted by atomic mass is 9.76. The topological polar surface area (TPSA) is 119 Å². The number of ether oxygens (including phenoxy) is 1. The summed E-state index contributed by atoms with van der Waals surface area (Å²) in [5.74, 6) is -4.53. The Bertz CT molecular complexity index is 1880. The first kappa shape index (κ1) is 36.0. The van der Waals surface area contributed by atoms with E-state index in [-0.39, 0.29) is 54.3 Å². The zero-order valence-electron chi connectivity index (χ0n) is 27.6. The fourth-order valence-corrected chi connectivity index (χ4v) is 6.97. The first-order valence-electron chi connectivity index (χ1n) is 16.1. The molecule has 1 saturated heterocycles. The molecular formula is C34H34F7N7O3. The number of rotatable bonds is 8. The van der Waals surface area contributed by atoms with Crippen LogP contribution >= 0.6 is 0 Å². The second kappa shape index (κ2) is 13.1. The molecule has 3 aliphatic heterocycles. The van der Waals surface area contributed by atoms with Crippen LogP contribution in [0.5, 0.6) is 0 Å². The molecule has 3 atom stereocenters. The first-order valence-corrected chi connectivity index (χ1v) is 16.1. The van der Waals surface area contributed by atoms with E-state index in [4.69, 9.17) is 10.5 Å². The molecule has 0 aliphatic carbocycles. The standard InChI is InChI=1S/C34H34F7N7O3/c1-18(2)14-26(48-30(50)32(43-31(48)42,19(3)21-10-13-51-17-21)22-5-7-23(35)8-6-22)20-4-9-25(33(36,37)38)24(15-20)28(49)46-11-12-47-27(16-46)44-45-29(47)34(39,40)41/h4-9,15,18,21,26H,3,10-14,16-17H2,1-2H3,(H2,42,43)/t21-,26?,32?/m1/s1. The Labute approximate surface area is 287 Å². The summed E-state index contributed by atoms with van der Waals surface area (Å²) in [4.78, 5) is 35.4. The number of fused-ring (bicyclic) bond motifs is 1. The van der Waals surface area contributed by atoms with Gasteiger partial charge in [-0.05, 0) is 59.7 Å². The van der Waals surface area contributed by atoms with Crippen LogP contribution in [-0.4, -0.2) is 62.1 Å². The largest absolute Gasteiger partial charge is 0.451 e. The highest BCUT2D eigenvalue weighted by Gasteiger charge is 2.55. The molecule has 0 spiro atoms. The van der Waals surface area contributed by atoms with E-state index >= 15 is 0 Å². The second-order valence-electron chi connectivity index (χ2n) is 13.2. The molecule has 17 heteroatoms. The van der Waals surface area contributed by atoms with Crippen molar-refractivity contribution in [3.8, 4) is 0 Å². The van der Waals surface area contributed by atoms with Crippen LogP contribution in [0.2, 0.25) is 0 Å². The minimum atomic E-state index is -4.99. The average molecular weight is 722 g/mol. The van der Waals surface area contributed by atoms with Gasteiger partial charge in [-0.1, -0.05) is 38.6 Å². The van der Waals surface area contributed by atoms with Crippen LogP contribution in [0.3, 0.4) is 0 Å². The highest BCUT2D eigenvalue weighted by Crippen LogP contribution is 2.47. The third-order valence-electron chi connectivity index (χ3n) is 9.47. The number of amides is 2. The van der Waals surface area contributed by atoms with Crippen LogP contribution in [0, 0.1) is 17.7 Å². The summed E-state index contributed by atoms with van der Waals surface area (Å²) in [7, 11) is 0. The van der Waals surface area contributed by atoms with Crippen molar-refractivity contribution in [1.29, 1.82) is 0 Å². The number of carbonyl (C=O) groups excluding carboxylic acids is 2. The number of halogens is 7. The Hall–Kier alpha value is -4.80. The summed E-state index contributed by atoms with van der Waals surface area (Å²) in [5.41, 5.74) is 3.46. The van der Waals surface area contributed by atoms with E-state index in [9.17, 15) is 40.3 Å². The van der Waals surface area contributed by atoms with Crippen molar-refractivity contribution in [2.45, 2.75) is 63.7 Å². The van der Waals surface area contributed by atoms with Crippen LogP contribution < -0.4 is 5.73 Å². The summed E-state index contributed by atoms with van der Waals surface area (Å²) >= 11 is 0. The van der Waals surface area contributed by atoms with Gasteiger partial charge in [0.25, 0.3) is 11.8 Å². The SMILES string of the molecule is C=C([C@@H]1CCOC1)C1(c2ccc(F)cc2)N=C(N)N(C(CC(C)C)c2ccc(C(F)(F)F)c(C(=O)N3CCn4c(nnc4C(F)(F)F)C3)c2)C1=O. The average Bonchev–Trinajstić information content (AvgIpc) is 3.81. The summed E-state index contributed by atoms with van der Waals surface area (Å²) in [6, 6.07) is 7.05. The molecule has 0 saturated carbocycles. The Kier molecular flexibility index (Phi) is 9.23. The number of hydrogen-bond acceptors (Lipinski definition) is 7. The zero-order chi connectivity index (χ0) is 37.0. The molecular weight excluding hydrogens is 687 g/mol. The molecule has 4 heterocycles. The fraction of sp³-hybridized carbons (Fsp3) is 0.441. The number of carbonyl (C=O) groups is 2. The third kappa shape index (κ3) is 6.47. The van der Waals surface area contributed by atoms with Crippen molar-refractivity contribution in [2.75, 3.05) is 19.8 Å². The predicted molar refractivity (Wildman–Crippen MR) is 168 cm³/mol. The first-order chi connectivity index (χ1) is 23.9. The van der Waals surface area contributed by atoms with Crippen LogP contribution in [0.1, 0.15) is 71.4 Å². The van der Waals surface area contributed by atoms with Crippen molar-refractivity contribution in [2.24, 2.45) is 22.6 Å². The molecule has 2 amide bonds. The molecule has 2 aromatic carbocycles. The van der Waals surface area contributed by atoms with Gasteiger partial charge >= 0.3 is 12.4 Å². The Morgan fingerprint density at radius 2 is 1.76 bits per heavy atom. The van der Waals surface area contributed by atoms with Gasteiger partial charge < -0.3 is 19.9 Å². The number of benzene rings is 2. The lowest BCUT2D eigenvalue weighted by Gasteiger charge is -2.35. The normalized spacial score (nSPS) is 21.6. The monoisotopic (exact) mass is 721 g/mol. The van der Waals surface area contributed by atoms with E-state index in [0.29, 0.717) is 18.6 Å². The summed E-state index contributed by atoms with van der Waals surface area (Å²) in [6.07, 6.45) is -9.09. The van der Waals surface area contributed by atoms with E-state index in [2.05, 4.69) is 21.8 Å². The number of nitrogens with two attached hydrogens (primary N) is 1. The number of hydrogen-bond donors (Lipinski definition) is 1. The van der Waals surface area contributed by atoms with Crippen molar-refractivity contribution in [1.82, 2.24) is 24.6 Å². The molecule has 0 radical (unpaired) electrons. The second-order valence-corrected chi connectivity index (χ2v) is 13.2. The van der Waals surface area contributed by atoms with Gasteiger partial charge in [0.2, 0.25) is 5.82 Å². The molecule has 10 nitrogen and oxygen atoms in total. The van der Waals surface area contributed by atoms with Gasteiger partial charge in [-0.25, -0.2) is 9.38 Å². The number of alkyl halides is 6. The molecule has 3 aromatic rings. The van der Waals surface area contributed by atoms with E-state index in [1.807, 2.05) is 13.8 Å². The van der Waals surface area contributed by atoms with Gasteiger partial charge in [-0.15, -0.1) is 10.2 Å². The zero-order valence-corrected chi connectivity index (χ0v) is 27.6. The van der Waals surface area contributed by atoms with Gasteiger partial charge in [-0.3, -0.25) is 14.5 Å². The predicted octanol–water partition coefficient (Wildman–Crippen LogP) is 5.84. The van der Waals surface area contributed by atoms with Gasteiger partial charge in [0.15, 0.2) is 17.3 Å². The minimum Gasteiger partial charge on any atom is -0.381 e. The molecule has 2 unspecified atom stereocenters. The summed E-state index contributed by atoms with van der Waals surface area (Å²) in [5, 5.41) is 6.69. The lowest BCUT2D eigenvalue weighted by molar-refractivity contribution is -0.148. The Balaban J connectivity index is 1.41. The molecule has 2 N–H and O–H groups in total. The number of nitrogens with zero attached hydrogens (tertiary/aromatic N) is 6. The summed E-state index contributed by atoms with van der Waals surface area (Å²) in [6.45, 7) is 7.31. The molecule has 3 aliphatic rings. The number of aliphatic imine (C=N–C) groups is 1. The maximum Gasteiger partial charge on any atom is 0.451 e. The van der Waals surface area contributed by atoms with Crippen molar-refractivity contribution in [3.63, 3.8) is 0 Å². The van der Waals surface area contributed by atoms with Crippen LogP contribution in [0.25, 0.3) is 0 Å². The Morgan fingerprint density at radius 1 is 1.06 bits per heavy atom. The van der Waals surface area contributed by atoms with Gasteiger partial charge in [-0.2, -0.15) is 26.3 Å². The number of guanidine groups is 1. The lowest BCUT2D eigenvalue weighted by Crippen LogP contribution is -2.47. The maximum absolute atomic E-state index is 14.8. The highest BCUT2D eigenvalue weighted by atomic mass is 19.4. The quantitative estimate of drug-likeness (QED) is 0.231. The van der Waals surface area contributed by atoms with E-state index < -0.39 is 71.6 Å². The van der Waals surface area contributed by atoms with E-state index in [1.165, 1.54) is 29.2 Å². The highest BCUT2D eigenvalue weighted by molar-refractivity contribution is 6.09. The van der Waals surface area contributed by atoms with E-state index in [0.717, 1.165) is 27.7 Å². The van der Waals surface area contributed by atoms with E-state index in [1.54, 1.807) is 0 Å². The molecule has 6 rings (SSSR count). The van der Waals surface area contributed by atoms with Gasteiger partial charge in [0.1, 0.15) is 5.82 Å². The van der Waals surface area contributed by atoms with Crippen LogP contribution in [0.4, 0.5) is 30.7 Å². The summed E-state index contributed by atoms with van der Waals surface area (Å²) < 4.78 is 104. The molecule has 1 aromatic heterocycles. The molecule has 1 fully saturated rings. The smallest absolute Gasteiger partial charge is 0.381 e. The van der Waals surface area contributed by atoms with Gasteiger partial charge in [0.05, 0.1) is 30.3 Å². The van der Waals surface area contributed by atoms with Crippen molar-refractivity contribution < 1.29 is 45.1 Å². The van der Waals surface area contributed by atoms with Crippen LogP contribution in [0.15, 0.2) is 59.6 Å². The molecule has 272 valence electrons. The Morgan fingerprint density at radius 3 is 2.37 bits per heavy atom. The number of aromatic nitrogens is 3. The molecule has 51 heavy (non-hydrogen) atoms. The third-order valence-corrected chi connectivity index (χ3v) is 9.47. The van der Waals surface area contributed by atoms with Crippen LogP contribution in [-0.2, 0) is 40.5 Å².